The Morgan fingerprint density at radius 3 is 2.92 bits per heavy atom. The summed E-state index contributed by atoms with van der Waals surface area (Å²) in [5.41, 5.74) is 1.99. The lowest BCUT2D eigenvalue weighted by molar-refractivity contribution is 0.322. The van der Waals surface area contributed by atoms with Crippen LogP contribution < -0.4 is 10.4 Å². The van der Waals surface area contributed by atoms with Gasteiger partial charge >= 0.3 is 0 Å². The third kappa shape index (κ3) is 1.26. The van der Waals surface area contributed by atoms with E-state index in [4.69, 9.17) is 5.21 Å². The highest BCUT2D eigenvalue weighted by Gasteiger charge is 2.04. The number of benzene rings is 1. The summed E-state index contributed by atoms with van der Waals surface area (Å²) in [6.45, 7) is 3.84. The molecular formula is C11H9NO. The minimum atomic E-state index is 0.919. The first kappa shape index (κ1) is 7.80. The van der Waals surface area contributed by atoms with Crippen molar-refractivity contribution in [3.05, 3.63) is 40.3 Å². The summed E-state index contributed by atoms with van der Waals surface area (Å²) in [6, 6.07) is 5.95. The lowest BCUT2D eigenvalue weighted by atomic mass is 10.1. The summed E-state index contributed by atoms with van der Waals surface area (Å²) in [4.78, 5) is 0. The van der Waals surface area contributed by atoms with Crippen LogP contribution in [0.15, 0.2) is 29.4 Å². The van der Waals surface area contributed by atoms with Gasteiger partial charge in [-0.05, 0) is 22.1 Å². The number of oxime groups is 1. The Labute approximate surface area is 75.8 Å². The van der Waals surface area contributed by atoms with Gasteiger partial charge in [-0.1, -0.05) is 36.0 Å². The maximum atomic E-state index is 8.42. The molecule has 0 unspecified atom stereocenters. The fourth-order valence-corrected chi connectivity index (χ4v) is 1.44. The first-order valence-corrected chi connectivity index (χ1v) is 4.00. The van der Waals surface area contributed by atoms with Crippen molar-refractivity contribution in [1.82, 2.24) is 0 Å². The summed E-state index contributed by atoms with van der Waals surface area (Å²) >= 11 is 0. The van der Waals surface area contributed by atoms with E-state index < -0.39 is 0 Å². The second-order valence-electron chi connectivity index (χ2n) is 2.95. The summed E-state index contributed by atoms with van der Waals surface area (Å²) in [5.74, 6) is 0. The van der Waals surface area contributed by atoms with Gasteiger partial charge in [-0.2, -0.15) is 0 Å². The average Bonchev–Trinajstić information content (AvgIpc) is 2.49. The fourth-order valence-electron chi connectivity index (χ4n) is 1.44. The molecule has 0 aliphatic heterocycles. The quantitative estimate of drug-likeness (QED) is 0.377. The van der Waals surface area contributed by atoms with Gasteiger partial charge in [0.1, 0.15) is 0 Å². The molecule has 64 valence electrons. The molecule has 0 bridgehead atoms. The molecular weight excluding hydrogens is 162 g/mol. The molecule has 0 radical (unpaired) electrons. The summed E-state index contributed by atoms with van der Waals surface area (Å²) < 4.78 is 0. The lowest BCUT2D eigenvalue weighted by Gasteiger charge is -1.96. The predicted octanol–water partition coefficient (Wildman–Crippen LogP) is 0.734. The zero-order valence-electron chi connectivity index (χ0n) is 7.07. The van der Waals surface area contributed by atoms with Crippen LogP contribution in [0.25, 0.3) is 18.2 Å². The highest BCUT2D eigenvalue weighted by atomic mass is 16.4. The van der Waals surface area contributed by atoms with E-state index in [1.165, 1.54) is 6.21 Å². The molecule has 2 nitrogen and oxygen atoms in total. The first-order valence-electron chi connectivity index (χ1n) is 4.00. The molecule has 0 amide bonds. The van der Waals surface area contributed by atoms with Crippen molar-refractivity contribution in [3.8, 4) is 0 Å². The smallest absolute Gasteiger partial charge is 0.0740 e. The molecule has 1 aromatic rings. The molecule has 0 heterocycles. The van der Waals surface area contributed by atoms with E-state index >= 15 is 0 Å². The van der Waals surface area contributed by atoms with Crippen LogP contribution in [0.5, 0.6) is 0 Å². The van der Waals surface area contributed by atoms with Crippen molar-refractivity contribution >= 4 is 24.4 Å². The van der Waals surface area contributed by atoms with Gasteiger partial charge in [-0.15, -0.1) is 0 Å². The number of hydrogen-bond acceptors (Lipinski definition) is 2. The van der Waals surface area contributed by atoms with Crippen LogP contribution in [-0.2, 0) is 0 Å². The molecule has 2 heteroatoms. The highest BCUT2D eigenvalue weighted by molar-refractivity contribution is 6.12. The minimum absolute atomic E-state index is 0.919. The molecule has 0 saturated carbocycles. The Hall–Kier alpha value is -1.83. The van der Waals surface area contributed by atoms with Crippen LogP contribution in [0.2, 0.25) is 0 Å². The molecule has 13 heavy (non-hydrogen) atoms. The van der Waals surface area contributed by atoms with Gasteiger partial charge in [0.15, 0.2) is 0 Å². The molecule has 0 atom stereocenters. The lowest BCUT2D eigenvalue weighted by Crippen LogP contribution is -2.10. The third-order valence-corrected chi connectivity index (χ3v) is 2.07. The van der Waals surface area contributed by atoms with Crippen molar-refractivity contribution in [2.75, 3.05) is 0 Å². The second kappa shape index (κ2) is 2.90. The zero-order valence-corrected chi connectivity index (χ0v) is 7.07. The molecule has 0 fully saturated rings. The van der Waals surface area contributed by atoms with Gasteiger partial charge in [0.2, 0.25) is 0 Å². The largest absolute Gasteiger partial charge is 0.411 e. The Balaban J connectivity index is 2.62. The van der Waals surface area contributed by atoms with Gasteiger partial charge < -0.3 is 5.21 Å². The minimum Gasteiger partial charge on any atom is -0.411 e. The fraction of sp³-hybridized carbons (Fsp3) is 0. The van der Waals surface area contributed by atoms with E-state index in [0.717, 1.165) is 21.6 Å². The average molecular weight is 171 g/mol. The number of hydrogen-bond donors (Lipinski definition) is 1. The maximum absolute atomic E-state index is 8.42. The van der Waals surface area contributed by atoms with E-state index in [-0.39, 0.29) is 0 Å². The van der Waals surface area contributed by atoms with Crippen LogP contribution in [0, 0.1) is 0 Å². The van der Waals surface area contributed by atoms with E-state index in [1.54, 1.807) is 0 Å². The Bertz CT molecular complexity index is 497. The summed E-state index contributed by atoms with van der Waals surface area (Å²) in [7, 11) is 0. The molecule has 1 aromatic carbocycles. The van der Waals surface area contributed by atoms with Gasteiger partial charge in [-0.3, -0.25) is 0 Å². The standard InChI is InChI=1S/C11H9NO/c1-8-2-3-9-4-5-10(7-12-13)11(9)6-8/h2-7,13H,1H2. The van der Waals surface area contributed by atoms with E-state index in [9.17, 15) is 0 Å². The Morgan fingerprint density at radius 1 is 1.31 bits per heavy atom. The van der Waals surface area contributed by atoms with Crippen molar-refractivity contribution in [3.63, 3.8) is 0 Å². The van der Waals surface area contributed by atoms with Gasteiger partial charge in [0.25, 0.3) is 0 Å². The van der Waals surface area contributed by atoms with Crippen molar-refractivity contribution in [2.45, 2.75) is 0 Å². The molecule has 1 aliphatic rings. The Morgan fingerprint density at radius 2 is 2.15 bits per heavy atom. The first-order chi connectivity index (χ1) is 6.31. The number of fused-ring (bicyclic) bond motifs is 1. The molecule has 2 rings (SSSR count). The monoisotopic (exact) mass is 171 g/mol. The van der Waals surface area contributed by atoms with Crippen LogP contribution in [0.4, 0.5) is 0 Å². The summed E-state index contributed by atoms with van der Waals surface area (Å²) in [6.07, 6.45) is 5.34. The van der Waals surface area contributed by atoms with E-state index in [0.29, 0.717) is 0 Å². The molecule has 0 saturated heterocycles. The van der Waals surface area contributed by atoms with Gasteiger partial charge in [-0.25, -0.2) is 0 Å². The predicted molar refractivity (Wildman–Crippen MR) is 53.9 cm³/mol. The van der Waals surface area contributed by atoms with E-state index in [2.05, 4.69) is 11.7 Å². The number of allylic oxidation sites excluding steroid dienone is 2. The summed E-state index contributed by atoms with van der Waals surface area (Å²) in [5, 5.41) is 13.5. The van der Waals surface area contributed by atoms with Crippen molar-refractivity contribution < 1.29 is 5.21 Å². The van der Waals surface area contributed by atoms with Crippen molar-refractivity contribution in [2.24, 2.45) is 5.16 Å². The molecule has 0 spiro atoms. The molecule has 0 aromatic heterocycles. The van der Waals surface area contributed by atoms with Crippen LogP contribution in [-0.4, -0.2) is 11.4 Å². The topological polar surface area (TPSA) is 32.6 Å². The maximum Gasteiger partial charge on any atom is 0.0740 e. The number of nitrogens with zero attached hydrogens (tertiary/aromatic N) is 1. The normalized spacial score (nSPS) is 14.0. The van der Waals surface area contributed by atoms with Crippen molar-refractivity contribution in [1.29, 1.82) is 0 Å². The third-order valence-electron chi connectivity index (χ3n) is 2.07. The van der Waals surface area contributed by atoms with Gasteiger partial charge in [0, 0.05) is 5.57 Å². The number of rotatable bonds is 1. The molecule has 1 N–H and O–H groups in total. The SMILES string of the molecule is C=c1ccc2c(c1)C(C=NO)=CC=2. The second-order valence-corrected chi connectivity index (χ2v) is 2.95. The van der Waals surface area contributed by atoms with Crippen LogP contribution in [0.1, 0.15) is 5.56 Å². The van der Waals surface area contributed by atoms with Crippen LogP contribution in [0.3, 0.4) is 0 Å². The highest BCUT2D eigenvalue weighted by Crippen LogP contribution is 2.10. The molecule has 1 aliphatic carbocycles. The van der Waals surface area contributed by atoms with Gasteiger partial charge in [0.05, 0.1) is 6.21 Å². The van der Waals surface area contributed by atoms with Crippen LogP contribution >= 0.6 is 0 Å². The zero-order chi connectivity index (χ0) is 9.26. The Kier molecular flexibility index (Phi) is 1.74. The van der Waals surface area contributed by atoms with E-state index in [1.807, 2.05) is 30.4 Å².